The first-order valence-corrected chi connectivity index (χ1v) is 15.6. The van der Waals surface area contributed by atoms with Gasteiger partial charge in [-0.25, -0.2) is 12.9 Å². The van der Waals surface area contributed by atoms with Crippen LogP contribution in [0, 0.1) is 5.41 Å². The molecule has 0 aliphatic rings. The van der Waals surface area contributed by atoms with Crippen molar-refractivity contribution >= 4 is 38.9 Å². The number of sulfone groups is 1. The zero-order valence-electron chi connectivity index (χ0n) is 24.4. The van der Waals surface area contributed by atoms with Gasteiger partial charge in [-0.3, -0.25) is 9.59 Å². The van der Waals surface area contributed by atoms with Crippen LogP contribution >= 0.6 is 0 Å². The van der Waals surface area contributed by atoms with E-state index in [0.29, 0.717) is 47.3 Å². The maximum Gasteiger partial charge on any atom is 0.251 e. The molecule has 42 heavy (non-hydrogen) atoms. The lowest BCUT2D eigenvalue weighted by Gasteiger charge is -2.18. The SMILES string of the molecule is CCOc1cc(C(=O)NCCS(C)(=O)=O)ccc1Nc1nc2ccc(-c3cccc(C(=O)NCC(C)(C)C)c3)cn2n1. The van der Waals surface area contributed by atoms with Crippen LogP contribution in [0.3, 0.4) is 0 Å². The molecule has 2 heterocycles. The molecule has 4 aromatic rings. The number of amides is 2. The summed E-state index contributed by atoms with van der Waals surface area (Å²) >= 11 is 0. The van der Waals surface area contributed by atoms with Crippen molar-refractivity contribution in [3.63, 3.8) is 0 Å². The molecule has 4 rings (SSSR count). The van der Waals surface area contributed by atoms with Gasteiger partial charge in [-0.1, -0.05) is 32.9 Å². The summed E-state index contributed by atoms with van der Waals surface area (Å²) in [5, 5.41) is 13.3. The normalized spacial score (nSPS) is 11.7. The summed E-state index contributed by atoms with van der Waals surface area (Å²) in [5.41, 5.74) is 3.81. The average Bonchev–Trinajstić information content (AvgIpc) is 3.33. The van der Waals surface area contributed by atoms with E-state index in [2.05, 4.69) is 46.8 Å². The van der Waals surface area contributed by atoms with Gasteiger partial charge in [-0.15, -0.1) is 5.10 Å². The van der Waals surface area contributed by atoms with Crippen LogP contribution in [-0.4, -0.2) is 66.5 Å². The number of carbonyl (C=O) groups excluding carboxylic acids is 2. The molecule has 0 atom stereocenters. The molecule has 0 bridgehead atoms. The summed E-state index contributed by atoms with van der Waals surface area (Å²) in [7, 11) is -3.18. The molecular formula is C30H36N6O5S. The van der Waals surface area contributed by atoms with Gasteiger partial charge in [0.2, 0.25) is 5.95 Å². The number of nitrogens with zero attached hydrogens (tertiary/aromatic N) is 3. The lowest BCUT2D eigenvalue weighted by atomic mass is 9.96. The van der Waals surface area contributed by atoms with Crippen LogP contribution in [0.25, 0.3) is 16.8 Å². The lowest BCUT2D eigenvalue weighted by molar-refractivity contribution is 0.0936. The molecule has 0 radical (unpaired) electrons. The highest BCUT2D eigenvalue weighted by Crippen LogP contribution is 2.29. The third-order valence-electron chi connectivity index (χ3n) is 6.12. The molecule has 2 amide bonds. The molecule has 0 unspecified atom stereocenters. The second-order valence-corrected chi connectivity index (χ2v) is 13.4. The first-order valence-electron chi connectivity index (χ1n) is 13.6. The van der Waals surface area contributed by atoms with E-state index in [-0.39, 0.29) is 23.6 Å². The first kappa shape index (κ1) is 30.5. The van der Waals surface area contributed by atoms with Crippen LogP contribution in [0.2, 0.25) is 0 Å². The van der Waals surface area contributed by atoms with Crippen LogP contribution in [0.4, 0.5) is 11.6 Å². The molecule has 222 valence electrons. The van der Waals surface area contributed by atoms with Gasteiger partial charge in [0.05, 0.1) is 18.0 Å². The standard InChI is InChI=1S/C30H36N6O5S/c1-6-41-25-17-22(27(37)31-14-15-42(5,39)40)10-12-24(25)33-29-34-26-13-11-23(18-36(26)35-29)20-8-7-9-21(16-20)28(38)32-19-30(2,3)4/h7-13,16-18H,6,14-15,19H2,1-5H3,(H,31,37)(H,32,38)(H,33,35). The molecule has 0 saturated carbocycles. The van der Waals surface area contributed by atoms with Crippen molar-refractivity contribution in [3.8, 4) is 16.9 Å². The Morgan fingerprint density at radius 3 is 2.40 bits per heavy atom. The molecular weight excluding hydrogens is 556 g/mol. The van der Waals surface area contributed by atoms with E-state index in [1.54, 1.807) is 28.8 Å². The second kappa shape index (κ2) is 12.6. The molecule has 2 aromatic heterocycles. The van der Waals surface area contributed by atoms with Gasteiger partial charge >= 0.3 is 0 Å². The summed E-state index contributed by atoms with van der Waals surface area (Å²) in [4.78, 5) is 29.7. The number of fused-ring (bicyclic) bond motifs is 1. The van der Waals surface area contributed by atoms with Gasteiger partial charge in [-0.05, 0) is 60.4 Å². The highest BCUT2D eigenvalue weighted by Gasteiger charge is 2.16. The van der Waals surface area contributed by atoms with E-state index in [0.717, 1.165) is 17.4 Å². The number of carbonyl (C=O) groups is 2. The number of nitrogens with one attached hydrogen (secondary N) is 3. The fourth-order valence-electron chi connectivity index (χ4n) is 4.01. The fourth-order valence-corrected chi connectivity index (χ4v) is 4.48. The van der Waals surface area contributed by atoms with Crippen molar-refractivity contribution in [2.24, 2.45) is 5.41 Å². The molecule has 0 saturated heterocycles. The maximum atomic E-state index is 12.7. The third-order valence-corrected chi connectivity index (χ3v) is 7.06. The van der Waals surface area contributed by atoms with Crippen LogP contribution in [0.15, 0.2) is 60.8 Å². The summed E-state index contributed by atoms with van der Waals surface area (Å²) in [5.74, 6) is 0.0851. The van der Waals surface area contributed by atoms with Gasteiger partial charge in [0.1, 0.15) is 15.6 Å². The van der Waals surface area contributed by atoms with Crippen LogP contribution in [0.5, 0.6) is 5.75 Å². The van der Waals surface area contributed by atoms with Crippen molar-refractivity contribution in [2.45, 2.75) is 27.7 Å². The monoisotopic (exact) mass is 592 g/mol. The first-order chi connectivity index (χ1) is 19.8. The zero-order chi connectivity index (χ0) is 30.5. The Morgan fingerprint density at radius 2 is 1.69 bits per heavy atom. The summed E-state index contributed by atoms with van der Waals surface area (Å²) in [6, 6.07) is 16.1. The van der Waals surface area contributed by atoms with Gasteiger partial charge in [-0.2, -0.15) is 4.98 Å². The van der Waals surface area contributed by atoms with E-state index < -0.39 is 15.7 Å². The fraction of sp³-hybridized carbons (Fsp3) is 0.333. The van der Waals surface area contributed by atoms with Gasteiger partial charge < -0.3 is 20.7 Å². The Morgan fingerprint density at radius 1 is 0.952 bits per heavy atom. The minimum Gasteiger partial charge on any atom is -0.492 e. The molecule has 0 aliphatic heterocycles. The predicted molar refractivity (Wildman–Crippen MR) is 163 cm³/mol. The van der Waals surface area contributed by atoms with Gasteiger partial charge in [0.25, 0.3) is 11.8 Å². The third kappa shape index (κ3) is 8.29. The summed E-state index contributed by atoms with van der Waals surface area (Å²) in [6.07, 6.45) is 2.96. The van der Waals surface area contributed by atoms with E-state index >= 15 is 0 Å². The summed E-state index contributed by atoms with van der Waals surface area (Å²) in [6.45, 7) is 8.99. The smallest absolute Gasteiger partial charge is 0.251 e. The highest BCUT2D eigenvalue weighted by atomic mass is 32.2. The molecule has 0 aliphatic carbocycles. The van der Waals surface area contributed by atoms with Crippen LogP contribution < -0.4 is 20.7 Å². The number of ether oxygens (including phenoxy) is 1. The van der Waals surface area contributed by atoms with Crippen LogP contribution in [-0.2, 0) is 9.84 Å². The Bertz CT molecular complexity index is 1710. The Labute approximate surface area is 245 Å². The Hall–Kier alpha value is -4.45. The number of pyridine rings is 1. The van der Waals surface area contributed by atoms with Crippen molar-refractivity contribution in [1.82, 2.24) is 25.2 Å². The number of hydrogen-bond donors (Lipinski definition) is 3. The quantitative estimate of drug-likeness (QED) is 0.236. The number of rotatable bonds is 11. The van der Waals surface area contributed by atoms with E-state index in [9.17, 15) is 18.0 Å². The molecule has 0 fully saturated rings. The van der Waals surface area contributed by atoms with Crippen molar-refractivity contribution < 1.29 is 22.7 Å². The second-order valence-electron chi connectivity index (χ2n) is 11.1. The topological polar surface area (TPSA) is 144 Å². The predicted octanol–water partition coefficient (Wildman–Crippen LogP) is 4.09. The van der Waals surface area contributed by atoms with E-state index in [1.165, 1.54) is 0 Å². The molecule has 3 N–H and O–H groups in total. The number of anilines is 2. The Kier molecular flexibility index (Phi) is 9.15. The lowest BCUT2D eigenvalue weighted by Crippen LogP contribution is -2.32. The van der Waals surface area contributed by atoms with Crippen molar-refractivity contribution in [1.29, 1.82) is 0 Å². The minimum atomic E-state index is -3.18. The minimum absolute atomic E-state index is 0.0151. The molecule has 0 spiro atoms. The van der Waals surface area contributed by atoms with Crippen molar-refractivity contribution in [3.05, 3.63) is 71.9 Å². The van der Waals surface area contributed by atoms with E-state index in [1.807, 2.05) is 43.5 Å². The zero-order valence-corrected chi connectivity index (χ0v) is 25.2. The van der Waals surface area contributed by atoms with Crippen molar-refractivity contribution in [2.75, 3.05) is 37.0 Å². The molecule has 12 heteroatoms. The number of benzene rings is 2. The number of hydrogen-bond acceptors (Lipinski definition) is 8. The molecule has 11 nitrogen and oxygen atoms in total. The molecule has 2 aromatic carbocycles. The largest absolute Gasteiger partial charge is 0.492 e. The van der Waals surface area contributed by atoms with Gasteiger partial charge in [0.15, 0.2) is 5.65 Å². The maximum absolute atomic E-state index is 12.7. The Balaban J connectivity index is 1.51. The van der Waals surface area contributed by atoms with E-state index in [4.69, 9.17) is 4.74 Å². The number of aromatic nitrogens is 3. The summed E-state index contributed by atoms with van der Waals surface area (Å²) < 4.78 is 30.1. The average molecular weight is 593 g/mol. The van der Waals surface area contributed by atoms with Crippen LogP contribution in [0.1, 0.15) is 48.4 Å². The van der Waals surface area contributed by atoms with Gasteiger partial charge in [0, 0.05) is 42.2 Å². The highest BCUT2D eigenvalue weighted by molar-refractivity contribution is 7.90.